The SMILES string of the molecule is CC(CCC(=O)NS)(c1ccc(O)cc1)c1ccc(O)cc1. The minimum atomic E-state index is -0.415. The Hall–Kier alpha value is -2.14. The Bertz CT molecular complexity index is 592. The number of carbonyl (C=O) groups is 1. The van der Waals surface area contributed by atoms with Gasteiger partial charge in [0.05, 0.1) is 0 Å². The monoisotopic (exact) mass is 317 g/mol. The van der Waals surface area contributed by atoms with Crippen molar-refractivity contribution in [3.05, 3.63) is 59.7 Å². The minimum Gasteiger partial charge on any atom is -0.508 e. The summed E-state index contributed by atoms with van der Waals surface area (Å²) >= 11 is 3.78. The first-order valence-electron chi connectivity index (χ1n) is 6.97. The third-order valence-electron chi connectivity index (χ3n) is 3.99. The topological polar surface area (TPSA) is 69.6 Å². The molecule has 0 heterocycles. The van der Waals surface area contributed by atoms with Crippen molar-refractivity contribution in [1.29, 1.82) is 0 Å². The van der Waals surface area contributed by atoms with Gasteiger partial charge in [-0.05, 0) is 41.8 Å². The lowest BCUT2D eigenvalue weighted by atomic mass is 9.73. The summed E-state index contributed by atoms with van der Waals surface area (Å²) in [6, 6.07) is 13.9. The van der Waals surface area contributed by atoms with Crippen LogP contribution in [0.4, 0.5) is 0 Å². The second kappa shape index (κ2) is 6.75. The van der Waals surface area contributed by atoms with Crippen molar-refractivity contribution in [2.24, 2.45) is 0 Å². The number of thiol groups is 1. The number of carbonyl (C=O) groups excluding carboxylic acids is 1. The van der Waals surface area contributed by atoms with Crippen molar-refractivity contribution in [1.82, 2.24) is 4.72 Å². The number of amides is 1. The number of aromatic hydroxyl groups is 2. The second-order valence-electron chi connectivity index (χ2n) is 5.46. The van der Waals surface area contributed by atoms with Gasteiger partial charge in [-0.25, -0.2) is 0 Å². The third-order valence-corrected chi connectivity index (χ3v) is 4.24. The molecule has 0 atom stereocenters. The molecule has 0 radical (unpaired) electrons. The normalized spacial score (nSPS) is 11.2. The predicted molar refractivity (Wildman–Crippen MR) is 89.0 cm³/mol. The molecule has 0 unspecified atom stereocenters. The van der Waals surface area contributed by atoms with Gasteiger partial charge in [0.25, 0.3) is 0 Å². The van der Waals surface area contributed by atoms with Gasteiger partial charge in [-0.2, -0.15) is 0 Å². The van der Waals surface area contributed by atoms with E-state index in [1.807, 2.05) is 31.2 Å². The Balaban J connectivity index is 2.40. The fourth-order valence-corrected chi connectivity index (χ4v) is 2.65. The fraction of sp³-hybridized carbons (Fsp3) is 0.235. The van der Waals surface area contributed by atoms with E-state index in [2.05, 4.69) is 17.5 Å². The summed E-state index contributed by atoms with van der Waals surface area (Å²) < 4.78 is 2.33. The van der Waals surface area contributed by atoms with E-state index >= 15 is 0 Å². The zero-order valence-corrected chi connectivity index (χ0v) is 13.2. The zero-order valence-electron chi connectivity index (χ0n) is 12.3. The lowest BCUT2D eigenvalue weighted by Gasteiger charge is -2.31. The molecule has 5 heteroatoms. The number of rotatable bonds is 5. The molecular formula is C17H19NO3S. The first-order chi connectivity index (χ1) is 10.5. The van der Waals surface area contributed by atoms with E-state index in [0.29, 0.717) is 12.8 Å². The number of phenolic OH excluding ortho intramolecular Hbond substituents is 2. The number of benzene rings is 2. The molecule has 0 saturated carbocycles. The molecule has 0 saturated heterocycles. The first-order valence-corrected chi connectivity index (χ1v) is 7.42. The average Bonchev–Trinajstić information content (AvgIpc) is 2.53. The highest BCUT2D eigenvalue weighted by atomic mass is 32.1. The fourth-order valence-electron chi connectivity index (χ4n) is 2.53. The maximum atomic E-state index is 11.6. The summed E-state index contributed by atoms with van der Waals surface area (Å²) in [5.74, 6) is 0.252. The molecule has 0 fully saturated rings. The molecule has 4 nitrogen and oxygen atoms in total. The van der Waals surface area contributed by atoms with Crippen LogP contribution in [0.2, 0.25) is 0 Å². The Morgan fingerprint density at radius 2 is 1.41 bits per heavy atom. The van der Waals surface area contributed by atoms with E-state index in [0.717, 1.165) is 11.1 Å². The van der Waals surface area contributed by atoms with Gasteiger partial charge in [0, 0.05) is 11.8 Å². The Labute approximate surface area is 135 Å². The maximum Gasteiger partial charge on any atom is 0.229 e. The van der Waals surface area contributed by atoms with Crippen LogP contribution in [0.5, 0.6) is 11.5 Å². The molecule has 0 aliphatic heterocycles. The summed E-state index contributed by atoms with van der Waals surface area (Å²) in [5.41, 5.74) is 1.56. The van der Waals surface area contributed by atoms with Crippen molar-refractivity contribution in [2.45, 2.75) is 25.2 Å². The Morgan fingerprint density at radius 3 is 1.77 bits per heavy atom. The average molecular weight is 317 g/mol. The van der Waals surface area contributed by atoms with E-state index in [-0.39, 0.29) is 17.4 Å². The molecule has 2 aromatic carbocycles. The van der Waals surface area contributed by atoms with Gasteiger partial charge >= 0.3 is 0 Å². The summed E-state index contributed by atoms with van der Waals surface area (Å²) in [5, 5.41) is 19.0. The van der Waals surface area contributed by atoms with Crippen LogP contribution in [0.1, 0.15) is 30.9 Å². The van der Waals surface area contributed by atoms with Gasteiger partial charge in [0.2, 0.25) is 5.91 Å². The predicted octanol–water partition coefficient (Wildman–Crippen LogP) is 3.15. The van der Waals surface area contributed by atoms with Gasteiger partial charge in [-0.15, -0.1) is 0 Å². The smallest absolute Gasteiger partial charge is 0.229 e. The van der Waals surface area contributed by atoms with Crippen molar-refractivity contribution < 1.29 is 15.0 Å². The molecule has 0 aliphatic rings. The van der Waals surface area contributed by atoms with Gasteiger partial charge < -0.3 is 14.9 Å². The minimum absolute atomic E-state index is 0.146. The molecular weight excluding hydrogens is 298 g/mol. The molecule has 2 rings (SSSR count). The van der Waals surface area contributed by atoms with Gasteiger partial charge in [-0.1, -0.05) is 44.0 Å². The van der Waals surface area contributed by atoms with Crippen LogP contribution in [0, 0.1) is 0 Å². The quantitative estimate of drug-likeness (QED) is 0.640. The van der Waals surface area contributed by atoms with Crippen molar-refractivity contribution in [3.63, 3.8) is 0 Å². The van der Waals surface area contributed by atoms with Crippen LogP contribution >= 0.6 is 12.8 Å². The van der Waals surface area contributed by atoms with Crippen LogP contribution in [0.25, 0.3) is 0 Å². The van der Waals surface area contributed by atoms with Gasteiger partial charge in [0.1, 0.15) is 11.5 Å². The van der Waals surface area contributed by atoms with Crippen molar-refractivity contribution in [2.75, 3.05) is 0 Å². The summed E-state index contributed by atoms with van der Waals surface area (Å²) in [6.45, 7) is 2.04. The van der Waals surface area contributed by atoms with Crippen LogP contribution in [-0.2, 0) is 10.2 Å². The Morgan fingerprint density at radius 1 is 1.00 bits per heavy atom. The Kier molecular flexibility index (Phi) is 4.98. The number of hydrogen-bond acceptors (Lipinski definition) is 4. The molecule has 3 N–H and O–H groups in total. The number of phenols is 2. The lowest BCUT2D eigenvalue weighted by Crippen LogP contribution is -2.26. The summed E-state index contributed by atoms with van der Waals surface area (Å²) in [6.07, 6.45) is 0.900. The summed E-state index contributed by atoms with van der Waals surface area (Å²) in [4.78, 5) is 11.6. The molecule has 0 aromatic heterocycles. The largest absolute Gasteiger partial charge is 0.508 e. The molecule has 22 heavy (non-hydrogen) atoms. The molecule has 116 valence electrons. The van der Waals surface area contributed by atoms with Crippen molar-refractivity contribution >= 4 is 18.7 Å². The van der Waals surface area contributed by atoms with Gasteiger partial charge in [0.15, 0.2) is 0 Å². The standard InChI is InChI=1S/C17H19NO3S/c1-17(11-10-16(21)18-22,12-2-6-14(19)7-3-12)13-4-8-15(20)9-5-13/h2-9,19-20,22H,10-11H2,1H3,(H,18,21). The first kappa shape index (κ1) is 16.2. The zero-order chi connectivity index (χ0) is 16.2. The van der Waals surface area contributed by atoms with E-state index in [9.17, 15) is 15.0 Å². The van der Waals surface area contributed by atoms with E-state index in [4.69, 9.17) is 0 Å². The molecule has 1 amide bonds. The highest BCUT2D eigenvalue weighted by molar-refractivity contribution is 7.78. The van der Waals surface area contributed by atoms with Crippen LogP contribution in [0.3, 0.4) is 0 Å². The van der Waals surface area contributed by atoms with Gasteiger partial charge in [-0.3, -0.25) is 4.79 Å². The molecule has 2 aromatic rings. The van der Waals surface area contributed by atoms with E-state index in [1.165, 1.54) is 0 Å². The maximum absolute atomic E-state index is 11.6. The van der Waals surface area contributed by atoms with E-state index in [1.54, 1.807) is 24.3 Å². The van der Waals surface area contributed by atoms with Crippen LogP contribution in [-0.4, -0.2) is 16.1 Å². The highest BCUT2D eigenvalue weighted by Gasteiger charge is 2.29. The van der Waals surface area contributed by atoms with Crippen molar-refractivity contribution in [3.8, 4) is 11.5 Å². The molecule has 0 spiro atoms. The van der Waals surface area contributed by atoms with Crippen LogP contribution in [0.15, 0.2) is 48.5 Å². The van der Waals surface area contributed by atoms with E-state index < -0.39 is 5.41 Å². The second-order valence-corrected chi connectivity index (χ2v) is 5.68. The molecule has 0 aliphatic carbocycles. The summed E-state index contributed by atoms with van der Waals surface area (Å²) in [7, 11) is 0. The highest BCUT2D eigenvalue weighted by Crippen LogP contribution is 2.37. The third kappa shape index (κ3) is 3.54. The number of nitrogens with one attached hydrogen (secondary N) is 1. The number of hydrogen-bond donors (Lipinski definition) is 4. The van der Waals surface area contributed by atoms with Crippen LogP contribution < -0.4 is 4.72 Å². The molecule has 0 bridgehead atoms. The lowest BCUT2D eigenvalue weighted by molar-refractivity contribution is -0.119.